The molecule has 8 nitrogen and oxygen atoms in total. The summed E-state index contributed by atoms with van der Waals surface area (Å²) in [6.45, 7) is -0.640. The summed E-state index contributed by atoms with van der Waals surface area (Å²) in [6, 6.07) is 11.4. The van der Waals surface area contributed by atoms with E-state index in [-0.39, 0.29) is 11.5 Å². The molecule has 2 aromatic carbocycles. The average Bonchev–Trinajstić information content (AvgIpc) is 3.02. The molecule has 3 rings (SSSR count). The van der Waals surface area contributed by atoms with E-state index in [2.05, 4.69) is 26.0 Å². The van der Waals surface area contributed by atoms with Crippen LogP contribution >= 0.6 is 39.3 Å². The molecule has 11 heteroatoms. The molecule has 1 heterocycles. The van der Waals surface area contributed by atoms with Crippen molar-refractivity contribution >= 4 is 74.1 Å². The Balaban J connectivity index is 1.62. The number of carbonyl (C=O) groups is 4. The van der Waals surface area contributed by atoms with Crippen molar-refractivity contribution in [2.75, 3.05) is 25.6 Å². The fourth-order valence-corrected chi connectivity index (χ4v) is 3.83. The number of methoxy groups -OCH3 is 1. The lowest BCUT2D eigenvalue weighted by Crippen LogP contribution is -2.36. The summed E-state index contributed by atoms with van der Waals surface area (Å²) in [4.78, 5) is 49.4. The molecule has 1 fully saturated rings. The van der Waals surface area contributed by atoms with Gasteiger partial charge in [0.2, 0.25) is 5.91 Å². The maximum absolute atomic E-state index is 12.6. The number of nitrogens with one attached hydrogen (secondary N) is 1. The highest BCUT2D eigenvalue weighted by Crippen LogP contribution is 2.32. The zero-order valence-electron chi connectivity index (χ0n) is 16.6. The van der Waals surface area contributed by atoms with Crippen molar-refractivity contribution in [3.05, 3.63) is 62.4 Å². The van der Waals surface area contributed by atoms with Gasteiger partial charge in [0.15, 0.2) is 6.61 Å². The fraction of sp³-hybridized carbons (Fsp3) is 0.143. The second-order valence-electron chi connectivity index (χ2n) is 6.38. The quantitative estimate of drug-likeness (QED) is 0.413. The second kappa shape index (κ2) is 10.7. The molecule has 0 atom stereocenters. The van der Waals surface area contributed by atoms with Gasteiger partial charge in [0.1, 0.15) is 12.3 Å². The van der Waals surface area contributed by atoms with Crippen LogP contribution in [0.4, 0.5) is 10.5 Å². The fourth-order valence-electron chi connectivity index (χ4n) is 2.57. The number of amides is 3. The van der Waals surface area contributed by atoms with Gasteiger partial charge in [-0.3, -0.25) is 19.3 Å². The lowest BCUT2D eigenvalue weighted by molar-refractivity contribution is -0.142. The van der Waals surface area contributed by atoms with E-state index in [9.17, 15) is 19.2 Å². The van der Waals surface area contributed by atoms with Gasteiger partial charge in [0, 0.05) is 10.2 Å². The molecule has 0 aliphatic carbocycles. The monoisotopic (exact) mass is 538 g/mol. The first kappa shape index (κ1) is 23.8. The first-order chi connectivity index (χ1) is 15.3. The molecular formula is C21H16BrClN2O6S. The number of halogens is 2. The van der Waals surface area contributed by atoms with Gasteiger partial charge in [-0.15, -0.1) is 0 Å². The maximum atomic E-state index is 12.6. The van der Waals surface area contributed by atoms with Crippen LogP contribution in [-0.2, 0) is 19.1 Å². The predicted octanol–water partition coefficient (Wildman–Crippen LogP) is 4.33. The molecule has 0 aromatic heterocycles. The Morgan fingerprint density at radius 1 is 1.19 bits per heavy atom. The number of imide groups is 1. The van der Waals surface area contributed by atoms with Crippen LogP contribution in [0.1, 0.15) is 5.56 Å². The number of hydrogen-bond donors (Lipinski definition) is 1. The molecular weight excluding hydrogens is 524 g/mol. The molecule has 32 heavy (non-hydrogen) atoms. The zero-order chi connectivity index (χ0) is 23.3. The van der Waals surface area contributed by atoms with Crippen LogP contribution in [0.5, 0.6) is 5.75 Å². The number of benzene rings is 2. The van der Waals surface area contributed by atoms with Gasteiger partial charge in [0.25, 0.3) is 11.1 Å². The lowest BCUT2D eigenvalue weighted by Gasteiger charge is -2.12. The van der Waals surface area contributed by atoms with Crippen LogP contribution in [-0.4, -0.2) is 48.2 Å². The van der Waals surface area contributed by atoms with E-state index in [1.54, 1.807) is 48.5 Å². The molecule has 0 spiro atoms. The van der Waals surface area contributed by atoms with E-state index in [1.807, 2.05) is 0 Å². The first-order valence-corrected chi connectivity index (χ1v) is 11.1. The van der Waals surface area contributed by atoms with Crippen LogP contribution in [0.25, 0.3) is 6.08 Å². The molecule has 3 amide bonds. The third-order valence-electron chi connectivity index (χ3n) is 4.14. The number of ether oxygens (including phenoxy) is 2. The molecule has 2 aromatic rings. The van der Waals surface area contributed by atoms with Crippen LogP contribution < -0.4 is 10.1 Å². The number of hydrogen-bond acceptors (Lipinski definition) is 7. The predicted molar refractivity (Wildman–Crippen MR) is 124 cm³/mol. The highest BCUT2D eigenvalue weighted by molar-refractivity contribution is 9.10. The van der Waals surface area contributed by atoms with Crippen molar-refractivity contribution in [1.82, 2.24) is 4.90 Å². The SMILES string of the molecule is COC(=O)COc1ccc(/C=C2\SC(=O)N(CC(=O)Nc3ccc(Br)c(Cl)c3)C2=O)cc1. The van der Waals surface area contributed by atoms with Crippen LogP contribution in [0.15, 0.2) is 51.8 Å². The van der Waals surface area contributed by atoms with E-state index >= 15 is 0 Å². The standard InChI is InChI=1S/C21H16BrClN2O6S/c1-30-19(27)11-31-14-5-2-12(3-6-14)8-17-20(28)25(21(29)32-17)10-18(26)24-13-4-7-15(22)16(23)9-13/h2-9H,10-11H2,1H3,(H,24,26)/b17-8-. The van der Waals surface area contributed by atoms with Gasteiger partial charge >= 0.3 is 5.97 Å². The topological polar surface area (TPSA) is 102 Å². The van der Waals surface area contributed by atoms with Crippen LogP contribution in [0.2, 0.25) is 5.02 Å². The Morgan fingerprint density at radius 3 is 2.56 bits per heavy atom. The Bertz CT molecular complexity index is 1110. The Hall–Kier alpha value is -2.82. The van der Waals surface area contributed by atoms with E-state index in [1.165, 1.54) is 7.11 Å². The Kier molecular flexibility index (Phi) is 7.94. The summed E-state index contributed by atoms with van der Waals surface area (Å²) in [5.74, 6) is -1.14. The molecule has 0 bridgehead atoms. The number of carbonyl (C=O) groups excluding carboxylic acids is 4. The summed E-state index contributed by atoms with van der Waals surface area (Å²) in [5, 5.41) is 2.48. The number of anilines is 1. The normalized spacial score (nSPS) is 14.6. The third-order valence-corrected chi connectivity index (χ3v) is 6.28. The van der Waals surface area contributed by atoms with Gasteiger partial charge in [-0.25, -0.2) is 4.79 Å². The van der Waals surface area contributed by atoms with Crippen LogP contribution in [0.3, 0.4) is 0 Å². The van der Waals surface area contributed by atoms with Crippen molar-refractivity contribution in [3.63, 3.8) is 0 Å². The molecule has 166 valence electrons. The number of rotatable bonds is 7. The summed E-state index contributed by atoms with van der Waals surface area (Å²) in [5.41, 5.74) is 1.09. The van der Waals surface area contributed by atoms with Crippen molar-refractivity contribution in [2.24, 2.45) is 0 Å². The van der Waals surface area contributed by atoms with E-state index in [0.29, 0.717) is 26.5 Å². The van der Waals surface area contributed by atoms with Crippen LogP contribution in [0, 0.1) is 0 Å². The van der Waals surface area contributed by atoms with E-state index < -0.39 is 29.6 Å². The van der Waals surface area contributed by atoms with Gasteiger partial charge in [-0.2, -0.15) is 0 Å². The summed E-state index contributed by atoms with van der Waals surface area (Å²) < 4.78 is 10.4. The minimum Gasteiger partial charge on any atom is -0.482 e. The number of nitrogens with zero attached hydrogens (tertiary/aromatic N) is 1. The van der Waals surface area contributed by atoms with Gasteiger partial charge in [-0.1, -0.05) is 23.7 Å². The summed E-state index contributed by atoms with van der Waals surface area (Å²) >= 11 is 10.0. The minimum atomic E-state index is -0.560. The van der Waals surface area contributed by atoms with Gasteiger partial charge < -0.3 is 14.8 Å². The third kappa shape index (κ3) is 6.12. The molecule has 0 radical (unpaired) electrons. The Labute approximate surface area is 201 Å². The molecule has 1 N–H and O–H groups in total. The van der Waals surface area contributed by atoms with E-state index in [4.69, 9.17) is 16.3 Å². The summed E-state index contributed by atoms with van der Waals surface area (Å²) in [6.07, 6.45) is 1.54. The zero-order valence-corrected chi connectivity index (χ0v) is 19.8. The molecule has 0 saturated carbocycles. The van der Waals surface area contributed by atoms with Crippen molar-refractivity contribution in [2.45, 2.75) is 0 Å². The first-order valence-electron chi connectivity index (χ1n) is 9.07. The molecule has 0 unspecified atom stereocenters. The second-order valence-corrected chi connectivity index (χ2v) is 8.63. The molecule has 1 aliphatic heterocycles. The maximum Gasteiger partial charge on any atom is 0.343 e. The minimum absolute atomic E-state index is 0.192. The molecule has 1 saturated heterocycles. The van der Waals surface area contributed by atoms with E-state index in [0.717, 1.165) is 16.7 Å². The van der Waals surface area contributed by atoms with Crippen molar-refractivity contribution in [3.8, 4) is 5.75 Å². The largest absolute Gasteiger partial charge is 0.482 e. The number of esters is 1. The smallest absolute Gasteiger partial charge is 0.343 e. The Morgan fingerprint density at radius 2 is 1.91 bits per heavy atom. The van der Waals surface area contributed by atoms with Crippen molar-refractivity contribution in [1.29, 1.82) is 0 Å². The van der Waals surface area contributed by atoms with Gasteiger partial charge in [0.05, 0.1) is 17.0 Å². The highest BCUT2D eigenvalue weighted by atomic mass is 79.9. The summed E-state index contributed by atoms with van der Waals surface area (Å²) in [7, 11) is 1.27. The molecule has 1 aliphatic rings. The van der Waals surface area contributed by atoms with Crippen molar-refractivity contribution < 1.29 is 28.7 Å². The lowest BCUT2D eigenvalue weighted by atomic mass is 10.2. The highest BCUT2D eigenvalue weighted by Gasteiger charge is 2.36. The average molecular weight is 540 g/mol. The van der Waals surface area contributed by atoms with Gasteiger partial charge in [-0.05, 0) is 69.7 Å². The number of thioether (sulfide) groups is 1.